The Morgan fingerprint density at radius 1 is 0.784 bits per heavy atom. The smallest absolute Gasteiger partial charge is 0.246 e. The Bertz CT molecular complexity index is 1160. The van der Waals surface area contributed by atoms with Gasteiger partial charge in [0.05, 0.1) is 0 Å². The van der Waals surface area contributed by atoms with Gasteiger partial charge in [-0.3, -0.25) is 14.9 Å². The van der Waals surface area contributed by atoms with Gasteiger partial charge in [-0.15, -0.1) is 0 Å². The second-order valence-corrected chi connectivity index (χ2v) is 9.83. The number of hydrogen-bond donors (Lipinski definition) is 2. The molecule has 3 aromatic rings. The lowest BCUT2D eigenvalue weighted by atomic mass is 9.92. The predicted molar refractivity (Wildman–Crippen MR) is 138 cm³/mol. The topological polar surface area (TPSA) is 52.6 Å². The highest BCUT2D eigenvalue weighted by molar-refractivity contribution is 5.77. The van der Waals surface area contributed by atoms with Crippen LogP contribution < -0.4 is 5.48 Å². The summed E-state index contributed by atoms with van der Waals surface area (Å²) < 4.78 is 41.1. The molecule has 1 amide bonds. The predicted octanol–water partition coefficient (Wildman–Crippen LogP) is 6.57. The van der Waals surface area contributed by atoms with Gasteiger partial charge in [-0.25, -0.2) is 18.7 Å². The Kier molecular flexibility index (Phi) is 10.3. The first-order valence-electron chi connectivity index (χ1n) is 12.6. The second-order valence-electron chi connectivity index (χ2n) is 9.83. The zero-order valence-electron chi connectivity index (χ0n) is 21.7. The average Bonchev–Trinajstić information content (AvgIpc) is 2.87. The maximum Gasteiger partial charge on any atom is 0.246 e. The van der Waals surface area contributed by atoms with Crippen LogP contribution in [0.3, 0.4) is 0 Å². The van der Waals surface area contributed by atoms with Gasteiger partial charge in [-0.05, 0) is 98.2 Å². The first-order valence-corrected chi connectivity index (χ1v) is 12.6. The van der Waals surface area contributed by atoms with Crippen molar-refractivity contribution >= 4 is 5.91 Å². The summed E-state index contributed by atoms with van der Waals surface area (Å²) >= 11 is 0. The third kappa shape index (κ3) is 8.44. The molecule has 0 aliphatic carbocycles. The number of hydrogen-bond acceptors (Lipinski definition) is 3. The van der Waals surface area contributed by atoms with Gasteiger partial charge in [0, 0.05) is 19.0 Å². The van der Waals surface area contributed by atoms with Crippen LogP contribution >= 0.6 is 0 Å². The molecule has 0 bridgehead atoms. The number of carbonyl (C=O) groups is 1. The number of rotatable bonds is 12. The van der Waals surface area contributed by atoms with E-state index in [4.69, 9.17) is 0 Å². The van der Waals surface area contributed by atoms with E-state index < -0.39 is 11.8 Å². The number of benzene rings is 3. The molecule has 0 aliphatic heterocycles. The van der Waals surface area contributed by atoms with Gasteiger partial charge in [-0.2, -0.15) is 0 Å². The first-order chi connectivity index (χ1) is 17.7. The molecule has 1 atom stereocenters. The molecule has 2 N–H and O–H groups in total. The van der Waals surface area contributed by atoms with Gasteiger partial charge in [0.2, 0.25) is 5.91 Å². The van der Waals surface area contributed by atoms with Crippen LogP contribution in [0.2, 0.25) is 0 Å². The third-order valence-electron chi connectivity index (χ3n) is 6.72. The number of nitrogens with zero attached hydrogens (tertiary/aromatic N) is 1. The molecule has 198 valence electrons. The lowest BCUT2D eigenvalue weighted by Gasteiger charge is -2.24. The van der Waals surface area contributed by atoms with Crippen molar-refractivity contribution in [1.29, 1.82) is 0 Å². The van der Waals surface area contributed by atoms with Crippen molar-refractivity contribution in [2.45, 2.75) is 59.5 Å². The Balaban J connectivity index is 1.64. The number of hydroxylamine groups is 1. The molecule has 0 aliphatic rings. The summed E-state index contributed by atoms with van der Waals surface area (Å²) in [6.45, 7) is 7.08. The van der Waals surface area contributed by atoms with Crippen LogP contribution in [0.1, 0.15) is 52.6 Å². The van der Waals surface area contributed by atoms with E-state index in [9.17, 15) is 23.2 Å². The molecular weight excluding hydrogens is 477 g/mol. The van der Waals surface area contributed by atoms with Crippen molar-refractivity contribution in [3.63, 3.8) is 0 Å². The molecule has 0 unspecified atom stereocenters. The van der Waals surface area contributed by atoms with E-state index in [2.05, 4.69) is 4.90 Å². The molecule has 0 saturated carbocycles. The molecule has 0 heterocycles. The van der Waals surface area contributed by atoms with Crippen molar-refractivity contribution in [2.24, 2.45) is 5.92 Å². The van der Waals surface area contributed by atoms with Crippen molar-refractivity contribution in [1.82, 2.24) is 10.4 Å². The fourth-order valence-electron chi connectivity index (χ4n) is 4.60. The molecule has 0 fully saturated rings. The van der Waals surface area contributed by atoms with Crippen LogP contribution in [0.25, 0.3) is 0 Å². The largest absolute Gasteiger partial charge is 0.295 e. The lowest BCUT2D eigenvalue weighted by molar-refractivity contribution is -0.133. The molecular formula is C30H35F3N2O2. The fraction of sp³-hybridized carbons (Fsp3) is 0.367. The average molecular weight is 513 g/mol. The molecule has 7 heteroatoms. The molecule has 0 aromatic heterocycles. The molecule has 4 nitrogen and oxygen atoms in total. The van der Waals surface area contributed by atoms with Crippen molar-refractivity contribution in [3.8, 4) is 0 Å². The minimum atomic E-state index is -0.456. The summed E-state index contributed by atoms with van der Waals surface area (Å²) in [5.41, 5.74) is 6.27. The maximum atomic E-state index is 13.8. The number of halogens is 3. The number of nitrogens with one attached hydrogen (secondary N) is 1. The second kappa shape index (κ2) is 13.4. The van der Waals surface area contributed by atoms with Gasteiger partial charge in [-0.1, -0.05) is 42.8 Å². The third-order valence-corrected chi connectivity index (χ3v) is 6.72. The van der Waals surface area contributed by atoms with E-state index in [1.54, 1.807) is 50.5 Å². The Morgan fingerprint density at radius 2 is 1.24 bits per heavy atom. The monoisotopic (exact) mass is 512 g/mol. The van der Waals surface area contributed by atoms with Gasteiger partial charge < -0.3 is 0 Å². The summed E-state index contributed by atoms with van der Waals surface area (Å²) in [5, 5.41) is 9.22. The normalized spacial score (nSPS) is 12.1. The highest BCUT2D eigenvalue weighted by Gasteiger charge is 2.19. The highest BCUT2D eigenvalue weighted by atomic mass is 19.1. The van der Waals surface area contributed by atoms with Crippen LogP contribution in [0, 0.1) is 44.1 Å². The zero-order valence-corrected chi connectivity index (χ0v) is 21.7. The molecule has 37 heavy (non-hydrogen) atoms. The Labute approximate surface area is 217 Å². The van der Waals surface area contributed by atoms with Crippen LogP contribution in [0.5, 0.6) is 0 Å². The van der Waals surface area contributed by atoms with E-state index in [1.807, 2.05) is 12.1 Å². The highest BCUT2D eigenvalue weighted by Crippen LogP contribution is 2.20. The molecule has 0 saturated heterocycles. The number of carbonyl (C=O) groups excluding carboxylic acids is 1. The van der Waals surface area contributed by atoms with E-state index in [1.165, 1.54) is 18.2 Å². The minimum absolute atomic E-state index is 0.242. The van der Waals surface area contributed by atoms with Crippen LogP contribution in [0.4, 0.5) is 13.2 Å². The first kappa shape index (κ1) is 28.4. The number of aryl methyl sites for hydroxylation is 3. The van der Waals surface area contributed by atoms with Gasteiger partial charge in [0.15, 0.2) is 0 Å². The molecule has 3 rings (SSSR count). The zero-order chi connectivity index (χ0) is 26.9. The van der Waals surface area contributed by atoms with Gasteiger partial charge >= 0.3 is 0 Å². The maximum absolute atomic E-state index is 13.8. The van der Waals surface area contributed by atoms with E-state index in [0.29, 0.717) is 42.6 Å². The lowest BCUT2D eigenvalue weighted by Crippen LogP contribution is -2.30. The molecule has 0 spiro atoms. The van der Waals surface area contributed by atoms with Gasteiger partial charge in [0.1, 0.15) is 17.5 Å². The fourth-order valence-corrected chi connectivity index (χ4v) is 4.60. The summed E-state index contributed by atoms with van der Waals surface area (Å²) in [6.07, 6.45) is 2.49. The van der Waals surface area contributed by atoms with E-state index >= 15 is 0 Å². The van der Waals surface area contributed by atoms with E-state index in [-0.39, 0.29) is 17.5 Å². The number of amides is 1. The Hall–Kier alpha value is -3.16. The van der Waals surface area contributed by atoms with Crippen LogP contribution in [-0.2, 0) is 24.3 Å². The SMILES string of the molecule is Cc1cc(C[C@H](CCCCN(Cc2ccc(F)c(C)c2)Cc2ccc(F)c(C)c2)C(=O)NO)ccc1F. The van der Waals surface area contributed by atoms with Gasteiger partial charge in [0.25, 0.3) is 0 Å². The van der Waals surface area contributed by atoms with Crippen molar-refractivity contribution in [2.75, 3.05) is 6.54 Å². The molecule has 0 radical (unpaired) electrons. The summed E-state index contributed by atoms with van der Waals surface area (Å²) in [6, 6.07) is 15.0. The number of unbranched alkanes of at least 4 members (excludes halogenated alkanes) is 1. The van der Waals surface area contributed by atoms with Crippen LogP contribution in [-0.4, -0.2) is 22.6 Å². The summed E-state index contributed by atoms with van der Waals surface area (Å²) in [4.78, 5) is 14.5. The standard InChI is InChI=1S/C30H35F3N2O2/c1-20-14-23(7-10-27(20)31)17-26(30(36)34-37)6-4-5-13-35(18-24-8-11-28(32)21(2)15-24)19-25-9-12-29(33)22(3)16-25/h7-12,14-16,26,37H,4-6,13,17-19H2,1-3H3,(H,34,36)/t26-/m0/s1. The minimum Gasteiger partial charge on any atom is -0.295 e. The summed E-state index contributed by atoms with van der Waals surface area (Å²) in [5.74, 6) is -1.67. The van der Waals surface area contributed by atoms with E-state index in [0.717, 1.165) is 36.1 Å². The summed E-state index contributed by atoms with van der Waals surface area (Å²) in [7, 11) is 0. The van der Waals surface area contributed by atoms with Crippen molar-refractivity contribution in [3.05, 3.63) is 105 Å². The quantitative estimate of drug-likeness (QED) is 0.164. The molecule has 3 aromatic carbocycles. The van der Waals surface area contributed by atoms with Crippen LogP contribution in [0.15, 0.2) is 54.6 Å². The van der Waals surface area contributed by atoms with Crippen molar-refractivity contribution < 1.29 is 23.2 Å². The Morgan fingerprint density at radius 3 is 1.70 bits per heavy atom.